The molecule has 0 radical (unpaired) electrons. The van der Waals surface area contributed by atoms with Gasteiger partial charge in [0, 0.05) is 0 Å². The van der Waals surface area contributed by atoms with Gasteiger partial charge in [-0.25, -0.2) is 0 Å². The predicted molar refractivity (Wildman–Crippen MR) is 76.4 cm³/mol. The van der Waals surface area contributed by atoms with Crippen molar-refractivity contribution in [1.29, 1.82) is 0 Å². The Morgan fingerprint density at radius 2 is 2.05 bits per heavy atom. The first-order valence-corrected chi connectivity index (χ1v) is 6.69. The molecular formula is C15H22N2O2. The molecule has 1 amide bonds. The molecular weight excluding hydrogens is 240 g/mol. The molecule has 0 bridgehead atoms. The second-order valence-electron chi connectivity index (χ2n) is 5.91. The molecule has 1 aromatic rings. The van der Waals surface area contributed by atoms with Gasteiger partial charge in [-0.1, -0.05) is 19.9 Å². The van der Waals surface area contributed by atoms with Crippen molar-refractivity contribution >= 4 is 11.6 Å². The summed E-state index contributed by atoms with van der Waals surface area (Å²) in [7, 11) is 0. The molecule has 4 nitrogen and oxygen atoms in total. The summed E-state index contributed by atoms with van der Waals surface area (Å²) in [6, 6.07) is 5.90. The van der Waals surface area contributed by atoms with Crippen LogP contribution in [0, 0.1) is 5.92 Å². The number of carbonyl (C=O) groups is 1. The zero-order chi connectivity index (χ0) is 14.2. The van der Waals surface area contributed by atoms with Crippen LogP contribution >= 0.6 is 0 Å². The third-order valence-electron chi connectivity index (χ3n) is 3.65. The molecule has 1 aromatic carbocycles. The molecule has 19 heavy (non-hydrogen) atoms. The molecule has 1 unspecified atom stereocenters. The number of rotatable bonds is 3. The third-order valence-corrected chi connectivity index (χ3v) is 3.65. The van der Waals surface area contributed by atoms with Gasteiger partial charge in [0.15, 0.2) is 5.60 Å². The molecule has 0 saturated heterocycles. The molecule has 1 atom stereocenters. The Bertz CT molecular complexity index is 495. The van der Waals surface area contributed by atoms with Crippen LogP contribution in [0.4, 0.5) is 5.69 Å². The first-order chi connectivity index (χ1) is 8.85. The lowest BCUT2D eigenvalue weighted by atomic mass is 9.88. The van der Waals surface area contributed by atoms with Crippen molar-refractivity contribution < 1.29 is 9.53 Å². The van der Waals surface area contributed by atoms with Gasteiger partial charge in [-0.2, -0.15) is 0 Å². The summed E-state index contributed by atoms with van der Waals surface area (Å²) in [4.78, 5) is 11.8. The highest BCUT2D eigenvalue weighted by molar-refractivity contribution is 6.00. The maximum absolute atomic E-state index is 11.8. The standard InChI is InChI=1S/C15H22N2O2/c1-9(2)11(8-16)10-5-6-12-13(7-10)19-15(3,4)14(18)17-12/h5-7,9,11H,8,16H2,1-4H3,(H,17,18). The number of amides is 1. The van der Waals surface area contributed by atoms with E-state index in [1.54, 1.807) is 13.8 Å². The molecule has 104 valence electrons. The minimum absolute atomic E-state index is 0.119. The molecule has 0 saturated carbocycles. The number of nitrogens with two attached hydrogens (primary N) is 1. The summed E-state index contributed by atoms with van der Waals surface area (Å²) in [5.74, 6) is 1.37. The number of hydrogen-bond donors (Lipinski definition) is 2. The van der Waals surface area contributed by atoms with Gasteiger partial charge in [0.05, 0.1) is 5.69 Å². The lowest BCUT2D eigenvalue weighted by Gasteiger charge is -2.32. The minimum atomic E-state index is -0.832. The highest BCUT2D eigenvalue weighted by Gasteiger charge is 2.35. The maximum Gasteiger partial charge on any atom is 0.268 e. The fourth-order valence-electron chi connectivity index (χ4n) is 2.34. The quantitative estimate of drug-likeness (QED) is 0.879. The van der Waals surface area contributed by atoms with Gasteiger partial charge in [-0.3, -0.25) is 4.79 Å². The molecule has 1 heterocycles. The van der Waals surface area contributed by atoms with E-state index in [1.807, 2.05) is 18.2 Å². The highest BCUT2D eigenvalue weighted by atomic mass is 16.5. The van der Waals surface area contributed by atoms with E-state index < -0.39 is 5.60 Å². The average Bonchev–Trinajstić information content (AvgIpc) is 2.31. The predicted octanol–water partition coefficient (Wildman–Crippen LogP) is 2.49. The molecule has 1 aliphatic rings. The Hall–Kier alpha value is -1.55. The summed E-state index contributed by atoms with van der Waals surface area (Å²) in [5, 5.41) is 2.87. The number of anilines is 1. The molecule has 4 heteroatoms. The van der Waals surface area contributed by atoms with E-state index in [-0.39, 0.29) is 5.91 Å². The van der Waals surface area contributed by atoms with E-state index in [4.69, 9.17) is 10.5 Å². The van der Waals surface area contributed by atoms with Gasteiger partial charge in [-0.05, 0) is 49.9 Å². The fraction of sp³-hybridized carbons (Fsp3) is 0.533. The zero-order valence-corrected chi connectivity index (χ0v) is 12.0. The minimum Gasteiger partial charge on any atom is -0.476 e. The number of ether oxygens (including phenoxy) is 1. The van der Waals surface area contributed by atoms with Crippen LogP contribution in [0.15, 0.2) is 18.2 Å². The Morgan fingerprint density at radius 3 is 2.63 bits per heavy atom. The maximum atomic E-state index is 11.8. The van der Waals surface area contributed by atoms with E-state index in [2.05, 4.69) is 19.2 Å². The summed E-state index contributed by atoms with van der Waals surface area (Å²) in [5.41, 5.74) is 6.90. The summed E-state index contributed by atoms with van der Waals surface area (Å²) in [6.07, 6.45) is 0. The lowest BCUT2D eigenvalue weighted by molar-refractivity contribution is -0.129. The summed E-state index contributed by atoms with van der Waals surface area (Å²) < 4.78 is 5.79. The van der Waals surface area contributed by atoms with Crippen LogP contribution in [0.3, 0.4) is 0 Å². The first kappa shape index (κ1) is 13.9. The Balaban J connectivity index is 2.37. The second kappa shape index (κ2) is 4.85. The van der Waals surface area contributed by atoms with Crippen molar-refractivity contribution in [3.8, 4) is 5.75 Å². The normalized spacial score (nSPS) is 18.5. The van der Waals surface area contributed by atoms with Crippen molar-refractivity contribution in [2.45, 2.75) is 39.2 Å². The van der Waals surface area contributed by atoms with Gasteiger partial charge in [0.25, 0.3) is 5.91 Å². The van der Waals surface area contributed by atoms with Gasteiger partial charge >= 0.3 is 0 Å². The van der Waals surface area contributed by atoms with Gasteiger partial charge < -0.3 is 15.8 Å². The molecule has 0 aliphatic carbocycles. The van der Waals surface area contributed by atoms with Crippen LogP contribution in [0.25, 0.3) is 0 Å². The first-order valence-electron chi connectivity index (χ1n) is 6.69. The van der Waals surface area contributed by atoms with Crippen LogP contribution in [-0.4, -0.2) is 18.1 Å². The van der Waals surface area contributed by atoms with E-state index in [0.29, 0.717) is 18.4 Å². The molecule has 0 fully saturated rings. The Kier molecular flexibility index (Phi) is 3.54. The van der Waals surface area contributed by atoms with Crippen molar-refractivity contribution in [3.63, 3.8) is 0 Å². The van der Waals surface area contributed by atoms with Crippen molar-refractivity contribution in [2.75, 3.05) is 11.9 Å². The lowest BCUT2D eigenvalue weighted by Crippen LogP contribution is -2.45. The summed E-state index contributed by atoms with van der Waals surface area (Å²) >= 11 is 0. The van der Waals surface area contributed by atoms with Crippen LogP contribution in [0.5, 0.6) is 5.75 Å². The zero-order valence-electron chi connectivity index (χ0n) is 12.0. The van der Waals surface area contributed by atoms with E-state index in [0.717, 1.165) is 17.0 Å². The van der Waals surface area contributed by atoms with Crippen molar-refractivity contribution in [1.82, 2.24) is 0 Å². The Labute approximate surface area is 114 Å². The van der Waals surface area contributed by atoms with Crippen molar-refractivity contribution in [3.05, 3.63) is 23.8 Å². The van der Waals surface area contributed by atoms with Gasteiger partial charge in [-0.15, -0.1) is 0 Å². The highest BCUT2D eigenvalue weighted by Crippen LogP contribution is 2.36. The number of carbonyl (C=O) groups excluding carboxylic acids is 1. The number of fused-ring (bicyclic) bond motifs is 1. The van der Waals surface area contributed by atoms with Crippen LogP contribution < -0.4 is 15.8 Å². The monoisotopic (exact) mass is 262 g/mol. The molecule has 0 aromatic heterocycles. The van der Waals surface area contributed by atoms with Crippen LogP contribution in [-0.2, 0) is 4.79 Å². The van der Waals surface area contributed by atoms with E-state index in [1.165, 1.54) is 0 Å². The Morgan fingerprint density at radius 1 is 1.37 bits per heavy atom. The molecule has 3 N–H and O–H groups in total. The fourth-order valence-corrected chi connectivity index (χ4v) is 2.34. The van der Waals surface area contributed by atoms with Crippen molar-refractivity contribution in [2.24, 2.45) is 11.7 Å². The van der Waals surface area contributed by atoms with Gasteiger partial charge in [0.1, 0.15) is 5.75 Å². The SMILES string of the molecule is CC(C)C(CN)c1ccc2c(c1)OC(C)(C)C(=O)N2. The molecule has 1 aliphatic heterocycles. The summed E-state index contributed by atoms with van der Waals surface area (Å²) in [6.45, 7) is 8.45. The number of hydrogen-bond acceptors (Lipinski definition) is 3. The largest absolute Gasteiger partial charge is 0.476 e. The topological polar surface area (TPSA) is 64.3 Å². The van der Waals surface area contributed by atoms with E-state index in [9.17, 15) is 4.79 Å². The van der Waals surface area contributed by atoms with Crippen LogP contribution in [0.2, 0.25) is 0 Å². The average molecular weight is 262 g/mol. The molecule has 0 spiro atoms. The third kappa shape index (κ3) is 2.59. The van der Waals surface area contributed by atoms with Crippen LogP contribution in [0.1, 0.15) is 39.2 Å². The number of benzene rings is 1. The van der Waals surface area contributed by atoms with Gasteiger partial charge in [0.2, 0.25) is 0 Å². The molecule has 2 rings (SSSR count). The van der Waals surface area contributed by atoms with E-state index >= 15 is 0 Å². The smallest absolute Gasteiger partial charge is 0.268 e. The second-order valence-corrected chi connectivity index (χ2v) is 5.91. The number of nitrogens with one attached hydrogen (secondary N) is 1.